The molecule has 236 valence electrons. The number of amides is 1. The summed E-state index contributed by atoms with van der Waals surface area (Å²) >= 11 is 0. The van der Waals surface area contributed by atoms with Crippen molar-refractivity contribution in [3.63, 3.8) is 0 Å². The first-order chi connectivity index (χ1) is 21.0. The van der Waals surface area contributed by atoms with Gasteiger partial charge in [0, 0.05) is 25.5 Å². The molecule has 2 aliphatic rings. The fourth-order valence-corrected chi connectivity index (χ4v) is 7.34. The van der Waals surface area contributed by atoms with E-state index in [9.17, 15) is 22.5 Å². The van der Waals surface area contributed by atoms with E-state index in [1.807, 2.05) is 6.07 Å². The smallest absolute Gasteiger partial charge is 0.339 e. The highest BCUT2D eigenvalue weighted by Crippen LogP contribution is 2.51. The van der Waals surface area contributed by atoms with Gasteiger partial charge >= 0.3 is 13.8 Å². The Morgan fingerprint density at radius 2 is 1.73 bits per heavy atom. The molecule has 10 nitrogen and oxygen atoms in total. The highest BCUT2D eigenvalue weighted by molar-refractivity contribution is 7.53. The van der Waals surface area contributed by atoms with Crippen LogP contribution in [-0.2, 0) is 32.5 Å². The lowest BCUT2D eigenvalue weighted by atomic mass is 9.85. The van der Waals surface area contributed by atoms with Crippen molar-refractivity contribution in [1.29, 1.82) is 0 Å². The molecular formula is C30H36F3N6O4P. The molecular weight excluding hydrogens is 596 g/mol. The third-order valence-corrected chi connectivity index (χ3v) is 9.72. The van der Waals surface area contributed by atoms with E-state index in [0.29, 0.717) is 29.6 Å². The molecule has 0 spiro atoms. The molecule has 3 heterocycles. The Morgan fingerprint density at radius 3 is 2.36 bits per heavy atom. The van der Waals surface area contributed by atoms with E-state index in [1.165, 1.54) is 0 Å². The molecule has 1 aromatic heterocycles. The van der Waals surface area contributed by atoms with Crippen molar-refractivity contribution in [3.05, 3.63) is 70.4 Å². The molecule has 2 aromatic carbocycles. The number of carbonyl (C=O) groups is 1. The number of carbonyl (C=O) groups excluding carboxylic acids is 1. The van der Waals surface area contributed by atoms with Gasteiger partial charge in [-0.2, -0.15) is 18.2 Å². The quantitative estimate of drug-likeness (QED) is 0.196. The SMILES string of the molecule is CCOP(=O)(Cc1ccc(Nc2ncc(C(F)(F)F)c(Nc3ccc(C4CCNCC4)c4c3C(=O)N(C)C4)n2)cc1)OCC. The van der Waals surface area contributed by atoms with Gasteiger partial charge in [-0.25, -0.2) is 4.98 Å². The summed E-state index contributed by atoms with van der Waals surface area (Å²) in [5.74, 6) is -0.526. The number of fused-ring (bicyclic) bond motifs is 1. The van der Waals surface area contributed by atoms with Crippen LogP contribution in [0.25, 0.3) is 0 Å². The number of hydrogen-bond donors (Lipinski definition) is 3. The van der Waals surface area contributed by atoms with Gasteiger partial charge in [-0.1, -0.05) is 18.2 Å². The molecule has 3 N–H and O–H groups in total. The summed E-state index contributed by atoms with van der Waals surface area (Å²) in [7, 11) is -1.62. The Labute approximate surface area is 254 Å². The third-order valence-electron chi connectivity index (χ3n) is 7.67. The highest BCUT2D eigenvalue weighted by Gasteiger charge is 2.37. The standard InChI is InChI=1S/C30H36F3N6O4P/c1-4-42-44(41,43-5-2)18-19-6-8-21(9-7-19)36-29-35-16-24(30(31,32)33)27(38-29)37-25-11-10-22(20-12-14-34-15-13-20)23-17-39(3)28(40)26(23)25/h6-11,16,20,34H,4-5,12-15,17-18H2,1-3H3,(H2,35,36,37,38). The summed E-state index contributed by atoms with van der Waals surface area (Å²) in [4.78, 5) is 22.8. The largest absolute Gasteiger partial charge is 0.421 e. The van der Waals surface area contributed by atoms with E-state index in [4.69, 9.17) is 9.05 Å². The molecule has 0 bridgehead atoms. The molecule has 1 fully saturated rings. The second kappa shape index (κ2) is 13.2. The third kappa shape index (κ3) is 7.07. The van der Waals surface area contributed by atoms with E-state index in [2.05, 4.69) is 25.9 Å². The molecule has 0 unspecified atom stereocenters. The minimum atomic E-state index is -4.74. The molecule has 2 aliphatic heterocycles. The predicted molar refractivity (Wildman–Crippen MR) is 162 cm³/mol. The van der Waals surface area contributed by atoms with Crippen molar-refractivity contribution in [3.8, 4) is 0 Å². The average molecular weight is 633 g/mol. The monoisotopic (exact) mass is 632 g/mol. The number of piperidine rings is 1. The van der Waals surface area contributed by atoms with Gasteiger partial charge in [0.1, 0.15) is 11.4 Å². The number of benzene rings is 2. The van der Waals surface area contributed by atoms with Gasteiger partial charge in [0.2, 0.25) is 5.95 Å². The fourth-order valence-electron chi connectivity index (χ4n) is 5.64. The van der Waals surface area contributed by atoms with Gasteiger partial charge in [-0.05, 0) is 80.6 Å². The highest BCUT2D eigenvalue weighted by atomic mass is 31.2. The van der Waals surface area contributed by atoms with E-state index in [1.54, 1.807) is 56.1 Å². The van der Waals surface area contributed by atoms with Gasteiger partial charge in [-0.3, -0.25) is 9.36 Å². The topological polar surface area (TPSA) is 118 Å². The van der Waals surface area contributed by atoms with Crippen LogP contribution >= 0.6 is 7.60 Å². The Balaban J connectivity index is 1.42. The van der Waals surface area contributed by atoms with Crippen LogP contribution < -0.4 is 16.0 Å². The number of hydrogen-bond acceptors (Lipinski definition) is 9. The molecule has 0 radical (unpaired) electrons. The number of nitrogens with one attached hydrogen (secondary N) is 3. The van der Waals surface area contributed by atoms with E-state index < -0.39 is 25.2 Å². The summed E-state index contributed by atoms with van der Waals surface area (Å²) in [6.45, 7) is 6.10. The molecule has 5 rings (SSSR count). The first-order valence-electron chi connectivity index (χ1n) is 14.6. The van der Waals surface area contributed by atoms with Crippen LogP contribution in [0.1, 0.15) is 65.2 Å². The molecule has 44 heavy (non-hydrogen) atoms. The maximum absolute atomic E-state index is 14.1. The molecule has 0 saturated carbocycles. The van der Waals surface area contributed by atoms with Crippen molar-refractivity contribution in [2.24, 2.45) is 0 Å². The molecule has 14 heteroatoms. The number of alkyl halides is 3. The van der Waals surface area contributed by atoms with E-state index >= 15 is 0 Å². The molecule has 0 aliphatic carbocycles. The second-order valence-corrected chi connectivity index (χ2v) is 12.8. The first-order valence-corrected chi connectivity index (χ1v) is 16.3. The zero-order valence-corrected chi connectivity index (χ0v) is 25.7. The van der Waals surface area contributed by atoms with Crippen molar-refractivity contribution in [1.82, 2.24) is 20.2 Å². The van der Waals surface area contributed by atoms with Gasteiger partial charge in [0.05, 0.1) is 30.6 Å². The van der Waals surface area contributed by atoms with Crippen LogP contribution in [0.2, 0.25) is 0 Å². The van der Waals surface area contributed by atoms with E-state index in [0.717, 1.165) is 37.1 Å². The minimum Gasteiger partial charge on any atom is -0.339 e. The fraction of sp³-hybridized carbons (Fsp3) is 0.433. The van der Waals surface area contributed by atoms with Crippen molar-refractivity contribution in [2.75, 3.05) is 44.0 Å². The number of nitrogens with zero attached hydrogens (tertiary/aromatic N) is 3. The average Bonchev–Trinajstić information content (AvgIpc) is 3.28. The van der Waals surface area contributed by atoms with Crippen LogP contribution in [-0.4, -0.2) is 54.1 Å². The summed E-state index contributed by atoms with van der Waals surface area (Å²) in [5.41, 5.74) is 2.69. The van der Waals surface area contributed by atoms with Crippen molar-refractivity contribution in [2.45, 2.75) is 51.5 Å². The predicted octanol–water partition coefficient (Wildman–Crippen LogP) is 6.80. The van der Waals surface area contributed by atoms with Crippen LogP contribution in [0.5, 0.6) is 0 Å². The number of anilines is 4. The lowest BCUT2D eigenvalue weighted by Gasteiger charge is -2.25. The molecule has 1 amide bonds. The summed E-state index contributed by atoms with van der Waals surface area (Å²) < 4.78 is 65.7. The second-order valence-electron chi connectivity index (χ2n) is 10.7. The summed E-state index contributed by atoms with van der Waals surface area (Å²) in [6.07, 6.45) is -2.10. The molecule has 0 atom stereocenters. The van der Waals surface area contributed by atoms with Crippen molar-refractivity contribution >= 4 is 36.6 Å². The maximum Gasteiger partial charge on any atom is 0.421 e. The summed E-state index contributed by atoms with van der Waals surface area (Å²) in [6, 6.07) is 10.4. The van der Waals surface area contributed by atoms with Crippen LogP contribution in [0.3, 0.4) is 0 Å². The molecule has 1 saturated heterocycles. The number of rotatable bonds is 11. The summed E-state index contributed by atoms with van der Waals surface area (Å²) in [5, 5.41) is 9.08. The van der Waals surface area contributed by atoms with Gasteiger partial charge in [0.15, 0.2) is 0 Å². The maximum atomic E-state index is 14.1. The number of halogens is 3. The van der Waals surface area contributed by atoms with Crippen LogP contribution in [0, 0.1) is 0 Å². The Hall–Kier alpha value is -3.51. The van der Waals surface area contributed by atoms with Crippen LogP contribution in [0.15, 0.2) is 42.6 Å². The molecule has 3 aromatic rings. The van der Waals surface area contributed by atoms with Gasteiger partial charge in [-0.15, -0.1) is 0 Å². The Bertz CT molecular complexity index is 1540. The zero-order chi connectivity index (χ0) is 31.5. The Kier molecular flexibility index (Phi) is 9.59. The van der Waals surface area contributed by atoms with Gasteiger partial charge < -0.3 is 29.9 Å². The van der Waals surface area contributed by atoms with Crippen LogP contribution in [0.4, 0.5) is 36.3 Å². The lowest BCUT2D eigenvalue weighted by molar-refractivity contribution is -0.137. The normalized spacial score (nSPS) is 15.9. The first kappa shape index (κ1) is 31.9. The van der Waals surface area contributed by atoms with Crippen molar-refractivity contribution < 1.29 is 31.6 Å². The minimum absolute atomic E-state index is 0.0750. The number of aromatic nitrogens is 2. The zero-order valence-electron chi connectivity index (χ0n) is 24.8. The Morgan fingerprint density at radius 1 is 1.05 bits per heavy atom. The van der Waals surface area contributed by atoms with Gasteiger partial charge in [0.25, 0.3) is 5.91 Å². The van der Waals surface area contributed by atoms with E-state index in [-0.39, 0.29) is 42.8 Å². The lowest BCUT2D eigenvalue weighted by Crippen LogP contribution is -2.27.